The molecule has 0 heterocycles. The zero-order valence-corrected chi connectivity index (χ0v) is 11.9. The first-order valence-corrected chi connectivity index (χ1v) is 6.60. The number of hydrogen-bond donors (Lipinski definition) is 0. The lowest BCUT2D eigenvalue weighted by Gasteiger charge is -1.99. The Labute approximate surface area is 106 Å². The molecule has 0 nitrogen and oxygen atoms in total. The van der Waals surface area contributed by atoms with Crippen molar-refractivity contribution in [3.63, 3.8) is 0 Å². The molecule has 0 aliphatic carbocycles. The molecule has 0 atom stereocenters. The van der Waals surface area contributed by atoms with Gasteiger partial charge in [-0.1, -0.05) is 34.9 Å². The Hall–Kier alpha value is -0.490. The SMILES string of the molecule is CC(C)=CCC/C(C)=C/C/C=C(/C)CCCl. The van der Waals surface area contributed by atoms with Gasteiger partial charge in [-0.15, -0.1) is 11.6 Å². The Bertz CT molecular complexity index is 265. The average Bonchev–Trinajstić information content (AvgIpc) is 2.17. The minimum absolute atomic E-state index is 0.728. The van der Waals surface area contributed by atoms with Gasteiger partial charge in [0.05, 0.1) is 0 Å². The van der Waals surface area contributed by atoms with Gasteiger partial charge in [-0.05, 0) is 53.4 Å². The summed E-state index contributed by atoms with van der Waals surface area (Å²) in [5.41, 5.74) is 4.28. The van der Waals surface area contributed by atoms with Gasteiger partial charge in [-0.25, -0.2) is 0 Å². The van der Waals surface area contributed by atoms with Crippen LogP contribution in [-0.4, -0.2) is 5.88 Å². The second kappa shape index (κ2) is 9.72. The van der Waals surface area contributed by atoms with E-state index in [-0.39, 0.29) is 0 Å². The summed E-state index contributed by atoms with van der Waals surface area (Å²) in [6, 6.07) is 0. The minimum atomic E-state index is 0.728. The number of hydrogen-bond acceptors (Lipinski definition) is 0. The summed E-state index contributed by atoms with van der Waals surface area (Å²) in [5.74, 6) is 0.728. The van der Waals surface area contributed by atoms with E-state index >= 15 is 0 Å². The van der Waals surface area contributed by atoms with Crippen LogP contribution in [0.15, 0.2) is 34.9 Å². The van der Waals surface area contributed by atoms with Crippen molar-refractivity contribution in [2.45, 2.75) is 53.4 Å². The highest BCUT2D eigenvalue weighted by Crippen LogP contribution is 2.09. The van der Waals surface area contributed by atoms with Crippen molar-refractivity contribution in [3.8, 4) is 0 Å². The lowest BCUT2D eigenvalue weighted by molar-refractivity contribution is 0.956. The third-order valence-electron chi connectivity index (χ3n) is 2.51. The van der Waals surface area contributed by atoms with Gasteiger partial charge in [0.15, 0.2) is 0 Å². The Kier molecular flexibility index (Phi) is 9.42. The molecule has 16 heavy (non-hydrogen) atoms. The fraction of sp³-hybridized carbons (Fsp3) is 0.600. The predicted octanol–water partition coefficient (Wildman–Crippen LogP) is 5.64. The highest BCUT2D eigenvalue weighted by Gasteiger charge is 1.89. The molecule has 0 aromatic carbocycles. The summed E-state index contributed by atoms with van der Waals surface area (Å²) in [4.78, 5) is 0. The molecule has 0 rings (SSSR count). The van der Waals surface area contributed by atoms with Crippen LogP contribution in [0.2, 0.25) is 0 Å². The number of rotatable bonds is 7. The van der Waals surface area contributed by atoms with Gasteiger partial charge in [0.25, 0.3) is 0 Å². The third-order valence-corrected chi connectivity index (χ3v) is 2.70. The first kappa shape index (κ1) is 15.5. The Morgan fingerprint density at radius 3 is 1.94 bits per heavy atom. The zero-order valence-electron chi connectivity index (χ0n) is 11.1. The van der Waals surface area contributed by atoms with Crippen molar-refractivity contribution in [1.29, 1.82) is 0 Å². The molecule has 0 aromatic rings. The van der Waals surface area contributed by atoms with Gasteiger partial charge in [0.2, 0.25) is 0 Å². The fourth-order valence-corrected chi connectivity index (χ4v) is 1.70. The summed E-state index contributed by atoms with van der Waals surface area (Å²) >= 11 is 5.67. The van der Waals surface area contributed by atoms with Crippen LogP contribution in [0.25, 0.3) is 0 Å². The second-order valence-electron chi connectivity index (χ2n) is 4.60. The molecule has 0 bridgehead atoms. The molecule has 0 saturated heterocycles. The number of halogens is 1. The lowest BCUT2D eigenvalue weighted by atomic mass is 10.1. The minimum Gasteiger partial charge on any atom is -0.126 e. The van der Waals surface area contributed by atoms with Crippen molar-refractivity contribution >= 4 is 11.6 Å². The summed E-state index contributed by atoms with van der Waals surface area (Å²) in [5, 5.41) is 0. The van der Waals surface area contributed by atoms with Crippen LogP contribution in [0, 0.1) is 0 Å². The molecule has 0 N–H and O–H groups in total. The van der Waals surface area contributed by atoms with Crippen molar-refractivity contribution in [3.05, 3.63) is 34.9 Å². The van der Waals surface area contributed by atoms with Gasteiger partial charge in [-0.3, -0.25) is 0 Å². The highest BCUT2D eigenvalue weighted by molar-refractivity contribution is 6.17. The summed E-state index contributed by atoms with van der Waals surface area (Å²) in [6.45, 7) is 8.66. The molecular weight excluding hydrogens is 216 g/mol. The summed E-state index contributed by atoms with van der Waals surface area (Å²) in [6.07, 6.45) is 11.3. The molecule has 0 aromatic heterocycles. The van der Waals surface area contributed by atoms with Crippen LogP contribution < -0.4 is 0 Å². The normalized spacial score (nSPS) is 12.8. The van der Waals surface area contributed by atoms with Crippen LogP contribution in [0.3, 0.4) is 0 Å². The maximum absolute atomic E-state index is 5.67. The van der Waals surface area contributed by atoms with Crippen molar-refractivity contribution in [2.75, 3.05) is 5.88 Å². The van der Waals surface area contributed by atoms with Crippen LogP contribution in [0.1, 0.15) is 53.4 Å². The molecular formula is C15H25Cl. The molecule has 0 spiro atoms. The number of allylic oxidation sites excluding steroid dienone is 6. The van der Waals surface area contributed by atoms with E-state index in [2.05, 4.69) is 45.9 Å². The molecule has 0 aliphatic heterocycles. The van der Waals surface area contributed by atoms with Gasteiger partial charge >= 0.3 is 0 Å². The standard InChI is InChI=1S/C15H25Cl/c1-13(2)7-5-8-14(3)9-6-10-15(4)11-12-16/h7,9-10H,5-6,8,11-12H2,1-4H3/b14-9+,15-10-. The van der Waals surface area contributed by atoms with Gasteiger partial charge < -0.3 is 0 Å². The fourth-order valence-electron chi connectivity index (χ4n) is 1.40. The molecule has 0 unspecified atom stereocenters. The average molecular weight is 241 g/mol. The van der Waals surface area contributed by atoms with Crippen molar-refractivity contribution in [2.24, 2.45) is 0 Å². The van der Waals surface area contributed by atoms with E-state index in [4.69, 9.17) is 11.6 Å². The van der Waals surface area contributed by atoms with E-state index in [0.29, 0.717) is 0 Å². The quantitative estimate of drug-likeness (QED) is 0.399. The van der Waals surface area contributed by atoms with E-state index < -0.39 is 0 Å². The topological polar surface area (TPSA) is 0 Å². The Morgan fingerprint density at radius 2 is 1.44 bits per heavy atom. The van der Waals surface area contributed by atoms with Crippen LogP contribution in [0.5, 0.6) is 0 Å². The maximum atomic E-state index is 5.67. The summed E-state index contributed by atoms with van der Waals surface area (Å²) in [7, 11) is 0. The Balaban J connectivity index is 3.87. The van der Waals surface area contributed by atoms with Gasteiger partial charge in [0.1, 0.15) is 0 Å². The van der Waals surface area contributed by atoms with Crippen molar-refractivity contribution < 1.29 is 0 Å². The van der Waals surface area contributed by atoms with E-state index in [9.17, 15) is 0 Å². The number of alkyl halides is 1. The summed E-state index contributed by atoms with van der Waals surface area (Å²) < 4.78 is 0. The van der Waals surface area contributed by atoms with E-state index in [0.717, 1.165) is 25.1 Å². The monoisotopic (exact) mass is 240 g/mol. The molecule has 0 saturated carbocycles. The molecule has 1 heteroatoms. The van der Waals surface area contributed by atoms with Crippen LogP contribution >= 0.6 is 11.6 Å². The smallest absolute Gasteiger partial charge is 0.0260 e. The van der Waals surface area contributed by atoms with Gasteiger partial charge in [0, 0.05) is 5.88 Å². The first-order chi connectivity index (χ1) is 7.56. The zero-order chi connectivity index (χ0) is 12.4. The third kappa shape index (κ3) is 10.0. The lowest BCUT2D eigenvalue weighted by Crippen LogP contribution is -1.80. The predicted molar refractivity (Wildman–Crippen MR) is 76.1 cm³/mol. The van der Waals surface area contributed by atoms with Crippen LogP contribution in [-0.2, 0) is 0 Å². The van der Waals surface area contributed by atoms with E-state index in [1.807, 2.05) is 0 Å². The van der Waals surface area contributed by atoms with E-state index in [1.54, 1.807) is 0 Å². The van der Waals surface area contributed by atoms with E-state index in [1.165, 1.54) is 23.1 Å². The maximum Gasteiger partial charge on any atom is 0.0260 e. The highest BCUT2D eigenvalue weighted by atomic mass is 35.5. The second-order valence-corrected chi connectivity index (χ2v) is 4.97. The molecule has 92 valence electrons. The molecule has 0 amide bonds. The molecule has 0 fully saturated rings. The van der Waals surface area contributed by atoms with Gasteiger partial charge in [-0.2, -0.15) is 0 Å². The largest absolute Gasteiger partial charge is 0.126 e. The first-order valence-electron chi connectivity index (χ1n) is 6.07. The molecule has 0 radical (unpaired) electrons. The van der Waals surface area contributed by atoms with Crippen LogP contribution in [0.4, 0.5) is 0 Å². The Morgan fingerprint density at radius 1 is 0.875 bits per heavy atom. The molecule has 0 aliphatic rings. The van der Waals surface area contributed by atoms with Crippen molar-refractivity contribution in [1.82, 2.24) is 0 Å².